The molecule has 0 aliphatic rings. The third-order valence-electron chi connectivity index (χ3n) is 1.93. The number of carboxylic acids is 1. The monoisotopic (exact) mass is 306 g/mol. The quantitative estimate of drug-likeness (QED) is 0.703. The largest absolute Gasteiger partial charge is 0.480 e. The standard InChI is InChI=1S/C11H12Cl2N2O4/c12-7-1-2-8(13)9(5-7)15-11(18)14-3-4-19-6-10(16)17/h1-2,5H,3-4,6H2,(H,16,17)(H2,14,15,18). The summed E-state index contributed by atoms with van der Waals surface area (Å²) in [6.45, 7) is -0.121. The lowest BCUT2D eigenvalue weighted by molar-refractivity contribution is -0.142. The van der Waals surface area contributed by atoms with Crippen molar-refractivity contribution >= 4 is 40.9 Å². The van der Waals surface area contributed by atoms with Crippen LogP contribution in [0.5, 0.6) is 0 Å². The number of nitrogens with one attached hydrogen (secondary N) is 2. The summed E-state index contributed by atoms with van der Waals surface area (Å²) >= 11 is 11.6. The van der Waals surface area contributed by atoms with Crippen molar-refractivity contribution in [2.24, 2.45) is 0 Å². The summed E-state index contributed by atoms with van der Waals surface area (Å²) in [6, 6.07) is 4.20. The number of anilines is 1. The summed E-state index contributed by atoms with van der Waals surface area (Å²) in [5.41, 5.74) is 0.387. The number of urea groups is 1. The minimum atomic E-state index is -1.06. The number of carbonyl (C=O) groups is 2. The second kappa shape index (κ2) is 7.83. The molecule has 1 aromatic carbocycles. The first-order chi connectivity index (χ1) is 8.99. The van der Waals surface area contributed by atoms with E-state index in [2.05, 4.69) is 10.6 Å². The number of hydrogen-bond donors (Lipinski definition) is 3. The maximum Gasteiger partial charge on any atom is 0.329 e. The van der Waals surface area contributed by atoms with Crippen molar-refractivity contribution in [2.75, 3.05) is 25.1 Å². The summed E-state index contributed by atoms with van der Waals surface area (Å²) in [5, 5.41) is 14.1. The van der Waals surface area contributed by atoms with Gasteiger partial charge in [0.1, 0.15) is 6.61 Å². The Kier molecular flexibility index (Phi) is 6.41. The van der Waals surface area contributed by atoms with Crippen LogP contribution in [0.1, 0.15) is 0 Å². The van der Waals surface area contributed by atoms with Gasteiger partial charge in [-0.1, -0.05) is 23.2 Å². The summed E-state index contributed by atoms with van der Waals surface area (Å²) < 4.78 is 4.75. The number of benzene rings is 1. The normalized spacial score (nSPS) is 10.0. The van der Waals surface area contributed by atoms with Gasteiger partial charge < -0.3 is 20.5 Å². The number of halogens is 2. The van der Waals surface area contributed by atoms with Gasteiger partial charge in [0, 0.05) is 11.6 Å². The van der Waals surface area contributed by atoms with Crippen LogP contribution in [0, 0.1) is 0 Å². The van der Waals surface area contributed by atoms with Crippen molar-refractivity contribution < 1.29 is 19.4 Å². The van der Waals surface area contributed by atoms with Gasteiger partial charge in [-0.25, -0.2) is 9.59 Å². The second-order valence-corrected chi connectivity index (χ2v) is 4.30. The Morgan fingerprint density at radius 1 is 1.32 bits per heavy atom. The van der Waals surface area contributed by atoms with Crippen molar-refractivity contribution in [1.29, 1.82) is 0 Å². The van der Waals surface area contributed by atoms with Crippen molar-refractivity contribution in [2.45, 2.75) is 0 Å². The van der Waals surface area contributed by atoms with Crippen LogP contribution in [-0.2, 0) is 9.53 Å². The van der Waals surface area contributed by atoms with Crippen molar-refractivity contribution in [1.82, 2.24) is 5.32 Å². The first kappa shape index (κ1) is 15.6. The second-order valence-electron chi connectivity index (χ2n) is 3.45. The lowest BCUT2D eigenvalue weighted by atomic mass is 10.3. The molecule has 0 saturated heterocycles. The number of carbonyl (C=O) groups excluding carboxylic acids is 1. The summed E-state index contributed by atoms with van der Waals surface area (Å²) in [7, 11) is 0. The molecular weight excluding hydrogens is 295 g/mol. The molecule has 2 amide bonds. The minimum Gasteiger partial charge on any atom is -0.480 e. The Bertz CT molecular complexity index is 468. The molecule has 0 fully saturated rings. The fourth-order valence-corrected chi connectivity index (χ4v) is 1.49. The molecule has 0 heterocycles. The van der Waals surface area contributed by atoms with E-state index in [1.54, 1.807) is 12.1 Å². The average molecular weight is 307 g/mol. The maximum absolute atomic E-state index is 11.5. The van der Waals surface area contributed by atoms with E-state index < -0.39 is 18.6 Å². The molecule has 0 radical (unpaired) electrons. The summed E-state index contributed by atoms with van der Waals surface area (Å²) in [5.74, 6) is -1.06. The zero-order valence-corrected chi connectivity index (χ0v) is 11.3. The van der Waals surface area contributed by atoms with Gasteiger partial charge in [-0.3, -0.25) is 0 Å². The number of rotatable bonds is 6. The fraction of sp³-hybridized carbons (Fsp3) is 0.273. The molecule has 19 heavy (non-hydrogen) atoms. The van der Waals surface area contributed by atoms with Crippen LogP contribution in [0.3, 0.4) is 0 Å². The predicted octanol–water partition coefficient (Wildman–Crippen LogP) is 2.22. The molecule has 6 nitrogen and oxygen atoms in total. The van der Waals surface area contributed by atoms with Gasteiger partial charge in [0.25, 0.3) is 0 Å². The molecule has 3 N–H and O–H groups in total. The zero-order valence-electron chi connectivity index (χ0n) is 9.78. The van der Waals surface area contributed by atoms with E-state index in [1.165, 1.54) is 6.07 Å². The highest BCUT2D eigenvalue weighted by molar-refractivity contribution is 6.35. The molecule has 0 unspecified atom stereocenters. The average Bonchev–Trinajstić information content (AvgIpc) is 2.33. The molecule has 0 bridgehead atoms. The minimum absolute atomic E-state index is 0.100. The molecule has 0 saturated carbocycles. The Hall–Kier alpha value is -1.50. The van der Waals surface area contributed by atoms with Gasteiger partial charge in [0.05, 0.1) is 17.3 Å². The third-order valence-corrected chi connectivity index (χ3v) is 2.50. The summed E-state index contributed by atoms with van der Waals surface area (Å²) in [4.78, 5) is 21.6. The van der Waals surface area contributed by atoms with Crippen LogP contribution in [0.2, 0.25) is 10.0 Å². The third kappa shape index (κ3) is 6.28. The Balaban J connectivity index is 2.31. The van der Waals surface area contributed by atoms with Crippen molar-refractivity contribution in [3.8, 4) is 0 Å². The van der Waals surface area contributed by atoms with Crippen LogP contribution in [0.25, 0.3) is 0 Å². The molecule has 0 aliphatic heterocycles. The Labute approximate surface area is 119 Å². The molecule has 0 aliphatic carbocycles. The zero-order chi connectivity index (χ0) is 14.3. The highest BCUT2D eigenvalue weighted by Crippen LogP contribution is 2.25. The Morgan fingerprint density at radius 3 is 2.74 bits per heavy atom. The van der Waals surface area contributed by atoms with Crippen LogP contribution in [-0.4, -0.2) is 36.9 Å². The van der Waals surface area contributed by atoms with Gasteiger partial charge in [-0.2, -0.15) is 0 Å². The van der Waals surface area contributed by atoms with E-state index in [1.807, 2.05) is 0 Å². The molecule has 0 aromatic heterocycles. The van der Waals surface area contributed by atoms with Crippen molar-refractivity contribution in [3.63, 3.8) is 0 Å². The van der Waals surface area contributed by atoms with Crippen LogP contribution >= 0.6 is 23.2 Å². The van der Waals surface area contributed by atoms with E-state index in [9.17, 15) is 9.59 Å². The topological polar surface area (TPSA) is 87.7 Å². The van der Waals surface area contributed by atoms with Crippen LogP contribution < -0.4 is 10.6 Å². The van der Waals surface area contributed by atoms with E-state index >= 15 is 0 Å². The molecule has 0 atom stereocenters. The lowest BCUT2D eigenvalue weighted by Crippen LogP contribution is -2.32. The van der Waals surface area contributed by atoms with Gasteiger partial charge in [0.15, 0.2) is 0 Å². The number of carboxylic acid groups (broad SMARTS) is 1. The first-order valence-electron chi connectivity index (χ1n) is 5.28. The Morgan fingerprint density at radius 2 is 2.05 bits per heavy atom. The predicted molar refractivity (Wildman–Crippen MR) is 71.9 cm³/mol. The van der Waals surface area contributed by atoms with Gasteiger partial charge in [0.2, 0.25) is 0 Å². The lowest BCUT2D eigenvalue weighted by Gasteiger charge is -2.09. The highest BCUT2D eigenvalue weighted by Gasteiger charge is 2.06. The number of amides is 2. The summed E-state index contributed by atoms with van der Waals surface area (Å²) in [6.07, 6.45) is 0. The number of hydrogen-bond acceptors (Lipinski definition) is 3. The molecule has 1 aromatic rings. The number of ether oxygens (including phenoxy) is 1. The molecule has 1 rings (SSSR count). The van der Waals surface area contributed by atoms with E-state index in [0.29, 0.717) is 15.7 Å². The van der Waals surface area contributed by atoms with Gasteiger partial charge >= 0.3 is 12.0 Å². The maximum atomic E-state index is 11.5. The van der Waals surface area contributed by atoms with E-state index in [-0.39, 0.29) is 13.2 Å². The van der Waals surface area contributed by atoms with Crippen LogP contribution in [0.15, 0.2) is 18.2 Å². The smallest absolute Gasteiger partial charge is 0.329 e. The van der Waals surface area contributed by atoms with E-state index in [4.69, 9.17) is 33.0 Å². The fourth-order valence-electron chi connectivity index (χ4n) is 1.16. The molecule has 8 heteroatoms. The van der Waals surface area contributed by atoms with Crippen molar-refractivity contribution in [3.05, 3.63) is 28.2 Å². The highest BCUT2D eigenvalue weighted by atomic mass is 35.5. The van der Waals surface area contributed by atoms with Gasteiger partial charge in [-0.05, 0) is 18.2 Å². The number of aliphatic carboxylic acids is 1. The van der Waals surface area contributed by atoms with E-state index in [0.717, 1.165) is 0 Å². The van der Waals surface area contributed by atoms with Gasteiger partial charge in [-0.15, -0.1) is 0 Å². The molecular formula is C11H12Cl2N2O4. The molecule has 104 valence electrons. The first-order valence-corrected chi connectivity index (χ1v) is 6.04. The molecule has 0 spiro atoms. The SMILES string of the molecule is O=C(O)COCCNC(=O)Nc1cc(Cl)ccc1Cl. The van der Waals surface area contributed by atoms with Crippen LogP contribution in [0.4, 0.5) is 10.5 Å².